The molecule has 4 aliphatic rings. The molecule has 2 saturated heterocycles. The molecule has 1 aromatic carbocycles. The highest BCUT2D eigenvalue weighted by molar-refractivity contribution is 6.00. The number of amides is 3. The Balaban J connectivity index is 1.48. The number of carbonyl (C=O) groups excluding carboxylic acids is 3. The van der Waals surface area contributed by atoms with Crippen molar-refractivity contribution in [2.24, 2.45) is 17.8 Å². The van der Waals surface area contributed by atoms with Crippen molar-refractivity contribution in [2.75, 3.05) is 26.2 Å². The summed E-state index contributed by atoms with van der Waals surface area (Å²) in [7, 11) is 0. The van der Waals surface area contributed by atoms with Gasteiger partial charge >= 0.3 is 0 Å². The van der Waals surface area contributed by atoms with Crippen LogP contribution < -0.4 is 0 Å². The van der Waals surface area contributed by atoms with E-state index in [0.29, 0.717) is 25.9 Å². The highest BCUT2D eigenvalue weighted by atomic mass is 16.5. The van der Waals surface area contributed by atoms with Crippen LogP contribution in [0.1, 0.15) is 47.0 Å². The number of fused-ring (bicyclic) bond motifs is 3. The molecule has 4 aliphatic heterocycles. The largest absolute Gasteiger partial charge is 0.394 e. The van der Waals surface area contributed by atoms with E-state index in [2.05, 4.69) is 10.3 Å². The number of hydrogen-bond donors (Lipinski definition) is 1. The van der Waals surface area contributed by atoms with E-state index in [4.69, 9.17) is 4.74 Å². The lowest BCUT2D eigenvalue weighted by atomic mass is 9.73. The van der Waals surface area contributed by atoms with Gasteiger partial charge in [-0.25, -0.2) is 4.68 Å². The normalized spacial score (nSPS) is 31.7. The zero-order valence-electron chi connectivity index (χ0n) is 25.4. The third kappa shape index (κ3) is 4.34. The second-order valence-corrected chi connectivity index (χ2v) is 12.4. The molecule has 2 aromatic rings. The Bertz CT molecular complexity index is 1470. The summed E-state index contributed by atoms with van der Waals surface area (Å²) in [5.41, 5.74) is -0.890. The van der Waals surface area contributed by atoms with Crippen LogP contribution in [0.2, 0.25) is 0 Å². The number of ether oxygens (including phenoxy) is 1. The van der Waals surface area contributed by atoms with Crippen molar-refractivity contribution in [1.82, 2.24) is 29.7 Å². The van der Waals surface area contributed by atoms with Crippen LogP contribution in [0.15, 0.2) is 48.6 Å². The summed E-state index contributed by atoms with van der Waals surface area (Å²) < 4.78 is 8.74. The van der Waals surface area contributed by atoms with Crippen LogP contribution in [0.3, 0.4) is 0 Å². The van der Waals surface area contributed by atoms with Crippen molar-refractivity contribution in [3.05, 3.63) is 48.6 Å². The average Bonchev–Trinajstić information content (AvgIpc) is 3.56. The highest BCUT2D eigenvalue weighted by Gasteiger charge is 2.76. The van der Waals surface area contributed by atoms with E-state index >= 15 is 0 Å². The number of aromatic nitrogens is 3. The molecule has 11 heteroatoms. The predicted molar refractivity (Wildman–Crippen MR) is 159 cm³/mol. The van der Waals surface area contributed by atoms with Crippen molar-refractivity contribution in [2.45, 2.75) is 76.9 Å². The number of aliphatic hydroxyl groups excluding tert-OH is 1. The van der Waals surface area contributed by atoms with Gasteiger partial charge < -0.3 is 24.5 Å². The molecule has 7 atom stereocenters. The summed E-state index contributed by atoms with van der Waals surface area (Å²) in [6.45, 7) is 9.09. The van der Waals surface area contributed by atoms with E-state index in [0.717, 1.165) is 17.5 Å². The monoisotopic (exact) mass is 590 g/mol. The first-order valence-corrected chi connectivity index (χ1v) is 15.6. The first kappa shape index (κ1) is 29.5. The van der Waals surface area contributed by atoms with Gasteiger partial charge in [-0.2, -0.15) is 0 Å². The van der Waals surface area contributed by atoms with Gasteiger partial charge in [0.05, 0.1) is 35.6 Å². The van der Waals surface area contributed by atoms with E-state index in [1.807, 2.05) is 76.3 Å². The average molecular weight is 591 g/mol. The van der Waals surface area contributed by atoms with Crippen molar-refractivity contribution in [3.8, 4) is 0 Å². The SMILES string of the molecule is CCCN1CC=C[C@]2(CC)O[C@]34C=CCN(Cn5nnc6ccccc65)C(=O)C3N([C@@H](CO)[C@@H](C)CC)C(=O)[C@@H]4[C@@H]2C1=O. The van der Waals surface area contributed by atoms with E-state index in [1.165, 1.54) is 0 Å². The van der Waals surface area contributed by atoms with Crippen LogP contribution in [0.5, 0.6) is 0 Å². The van der Waals surface area contributed by atoms with Crippen LogP contribution in [0.4, 0.5) is 0 Å². The van der Waals surface area contributed by atoms with E-state index in [1.54, 1.807) is 19.4 Å². The number of likely N-dealkylation sites (tertiary alicyclic amines) is 1. The van der Waals surface area contributed by atoms with Gasteiger partial charge in [0.2, 0.25) is 11.8 Å². The van der Waals surface area contributed by atoms with Gasteiger partial charge in [0.1, 0.15) is 23.8 Å². The smallest absolute Gasteiger partial charge is 0.250 e. The fourth-order valence-corrected chi connectivity index (χ4v) is 7.75. The number of benzene rings is 1. The molecule has 1 aromatic heterocycles. The van der Waals surface area contributed by atoms with Crippen LogP contribution in [-0.4, -0.2) is 102 Å². The van der Waals surface area contributed by atoms with Gasteiger partial charge in [0.25, 0.3) is 5.91 Å². The summed E-state index contributed by atoms with van der Waals surface area (Å²) in [6.07, 6.45) is 9.62. The molecule has 1 unspecified atom stereocenters. The van der Waals surface area contributed by atoms with Crippen LogP contribution >= 0.6 is 0 Å². The molecule has 6 rings (SSSR count). The maximum Gasteiger partial charge on any atom is 0.250 e. The minimum Gasteiger partial charge on any atom is -0.394 e. The second-order valence-electron chi connectivity index (χ2n) is 12.4. The van der Waals surface area contributed by atoms with Gasteiger partial charge in [-0.05, 0) is 30.9 Å². The summed E-state index contributed by atoms with van der Waals surface area (Å²) in [6, 6.07) is 5.88. The minimum atomic E-state index is -1.37. The summed E-state index contributed by atoms with van der Waals surface area (Å²) >= 11 is 0. The lowest BCUT2D eigenvalue weighted by Crippen LogP contribution is -2.60. The highest BCUT2D eigenvalue weighted by Crippen LogP contribution is 2.59. The molecule has 0 bridgehead atoms. The molecule has 1 N–H and O–H groups in total. The minimum absolute atomic E-state index is 0.0881. The number of rotatable bonds is 9. The molecule has 0 saturated carbocycles. The Morgan fingerprint density at radius 1 is 1.00 bits per heavy atom. The standard InChI is InChI=1S/C32H42N6O5/c1-5-16-35-17-10-14-31(7-3)25(28(35)40)26-29(41)38(24(19-39)21(4)6-2)27-30(42)36(18-11-15-32(26,27)43-31)20-37-23-13-9-8-12-22(23)33-34-37/h8-15,21,24-27,39H,5-7,16-20H2,1-4H3/t21-,24-,25+,26-,27?,31-,32-/m0/s1. The van der Waals surface area contributed by atoms with E-state index in [-0.39, 0.29) is 43.5 Å². The van der Waals surface area contributed by atoms with E-state index < -0.39 is 35.1 Å². The number of para-hydroxylation sites is 1. The number of carbonyl (C=O) groups is 3. The van der Waals surface area contributed by atoms with Gasteiger partial charge in [0.15, 0.2) is 0 Å². The molecule has 0 radical (unpaired) electrons. The van der Waals surface area contributed by atoms with Crippen LogP contribution in [0, 0.1) is 17.8 Å². The molecular weight excluding hydrogens is 548 g/mol. The molecular formula is C32H42N6O5. The Morgan fingerprint density at radius 2 is 1.74 bits per heavy atom. The van der Waals surface area contributed by atoms with Gasteiger partial charge in [-0.1, -0.05) is 75.8 Å². The molecule has 1 spiro atoms. The van der Waals surface area contributed by atoms with Gasteiger partial charge in [-0.3, -0.25) is 14.4 Å². The molecule has 2 fully saturated rings. The third-order valence-corrected chi connectivity index (χ3v) is 10.1. The zero-order chi connectivity index (χ0) is 30.5. The zero-order valence-corrected chi connectivity index (χ0v) is 25.4. The maximum absolute atomic E-state index is 14.8. The molecule has 3 amide bonds. The predicted octanol–water partition coefficient (Wildman–Crippen LogP) is 2.36. The number of nitrogens with zero attached hydrogens (tertiary/aromatic N) is 6. The third-order valence-electron chi connectivity index (χ3n) is 10.1. The van der Waals surface area contributed by atoms with Gasteiger partial charge in [0, 0.05) is 19.6 Å². The molecule has 5 heterocycles. The Hall–Kier alpha value is -3.57. The summed E-state index contributed by atoms with van der Waals surface area (Å²) in [4.78, 5) is 48.9. The topological polar surface area (TPSA) is 121 Å². The second kappa shape index (κ2) is 11.2. The summed E-state index contributed by atoms with van der Waals surface area (Å²) in [5.74, 6) is -2.51. The van der Waals surface area contributed by atoms with Crippen LogP contribution in [0.25, 0.3) is 11.0 Å². The first-order valence-electron chi connectivity index (χ1n) is 15.6. The lowest BCUT2D eigenvalue weighted by Gasteiger charge is -2.42. The maximum atomic E-state index is 14.8. The Labute approximate surface area is 252 Å². The molecule has 43 heavy (non-hydrogen) atoms. The quantitative estimate of drug-likeness (QED) is 0.445. The fraction of sp³-hybridized carbons (Fsp3) is 0.594. The first-order chi connectivity index (χ1) is 20.8. The Morgan fingerprint density at radius 3 is 2.47 bits per heavy atom. The number of hydrogen-bond acceptors (Lipinski definition) is 7. The number of aliphatic hydroxyl groups is 1. The van der Waals surface area contributed by atoms with Crippen molar-refractivity contribution in [1.29, 1.82) is 0 Å². The van der Waals surface area contributed by atoms with Crippen molar-refractivity contribution < 1.29 is 24.2 Å². The fourth-order valence-electron chi connectivity index (χ4n) is 7.75. The van der Waals surface area contributed by atoms with Crippen molar-refractivity contribution in [3.63, 3.8) is 0 Å². The van der Waals surface area contributed by atoms with Crippen LogP contribution in [-0.2, 0) is 25.8 Å². The van der Waals surface area contributed by atoms with Crippen molar-refractivity contribution >= 4 is 28.8 Å². The van der Waals surface area contributed by atoms with Gasteiger partial charge in [-0.15, -0.1) is 5.10 Å². The summed E-state index contributed by atoms with van der Waals surface area (Å²) in [5, 5.41) is 19.2. The molecule has 0 aliphatic carbocycles. The molecule has 230 valence electrons. The Kier molecular flexibility index (Phi) is 7.66. The van der Waals surface area contributed by atoms with E-state index in [9.17, 15) is 19.5 Å². The molecule has 11 nitrogen and oxygen atoms in total. The lowest BCUT2D eigenvalue weighted by molar-refractivity contribution is -0.159.